The highest BCUT2D eigenvalue weighted by molar-refractivity contribution is 5.91. The molecule has 0 aromatic carbocycles. The SMILES string of the molecule is O=C(/C=C/c1ccco1)NC1CCN(c2ccccn2)C1. The quantitative estimate of drug-likeness (QED) is 0.873. The van der Waals surface area contributed by atoms with E-state index >= 15 is 0 Å². The number of furan rings is 1. The number of hydrogen-bond donors (Lipinski definition) is 1. The van der Waals surface area contributed by atoms with Crippen molar-refractivity contribution in [3.63, 3.8) is 0 Å². The molecule has 0 aliphatic carbocycles. The van der Waals surface area contributed by atoms with Gasteiger partial charge in [-0.15, -0.1) is 0 Å². The van der Waals surface area contributed by atoms with Crippen LogP contribution in [0.5, 0.6) is 0 Å². The molecule has 1 aliphatic heterocycles. The van der Waals surface area contributed by atoms with Crippen molar-refractivity contribution in [1.82, 2.24) is 10.3 Å². The Balaban J connectivity index is 1.52. The van der Waals surface area contributed by atoms with E-state index in [-0.39, 0.29) is 11.9 Å². The smallest absolute Gasteiger partial charge is 0.244 e. The zero-order valence-electron chi connectivity index (χ0n) is 11.6. The van der Waals surface area contributed by atoms with Gasteiger partial charge in [0.1, 0.15) is 11.6 Å². The minimum atomic E-state index is -0.0979. The molecule has 3 rings (SSSR count). The highest BCUT2D eigenvalue weighted by Crippen LogP contribution is 2.17. The topological polar surface area (TPSA) is 58.4 Å². The summed E-state index contributed by atoms with van der Waals surface area (Å²) in [5.74, 6) is 1.53. The normalized spacial score (nSPS) is 18.3. The molecular weight excluding hydrogens is 266 g/mol. The number of nitrogens with one attached hydrogen (secondary N) is 1. The van der Waals surface area contributed by atoms with Crippen molar-refractivity contribution < 1.29 is 9.21 Å². The Bertz CT molecular complexity index is 608. The van der Waals surface area contributed by atoms with E-state index in [2.05, 4.69) is 15.2 Å². The molecule has 0 spiro atoms. The highest BCUT2D eigenvalue weighted by Gasteiger charge is 2.23. The van der Waals surface area contributed by atoms with Gasteiger partial charge in [-0.2, -0.15) is 0 Å². The van der Waals surface area contributed by atoms with Crippen LogP contribution in [0.4, 0.5) is 5.82 Å². The molecule has 1 amide bonds. The summed E-state index contributed by atoms with van der Waals surface area (Å²) in [6.07, 6.45) is 7.46. The van der Waals surface area contributed by atoms with Crippen LogP contribution in [0.25, 0.3) is 6.08 Å². The molecule has 21 heavy (non-hydrogen) atoms. The van der Waals surface area contributed by atoms with Crippen molar-refractivity contribution in [2.24, 2.45) is 0 Å². The van der Waals surface area contributed by atoms with E-state index in [1.165, 1.54) is 6.08 Å². The molecule has 1 saturated heterocycles. The summed E-state index contributed by atoms with van der Waals surface area (Å²) in [5.41, 5.74) is 0. The molecule has 5 nitrogen and oxygen atoms in total. The fourth-order valence-corrected chi connectivity index (χ4v) is 2.42. The maximum atomic E-state index is 11.9. The van der Waals surface area contributed by atoms with Crippen molar-refractivity contribution in [3.05, 3.63) is 54.6 Å². The average molecular weight is 283 g/mol. The third-order valence-electron chi connectivity index (χ3n) is 3.45. The number of aromatic nitrogens is 1. The van der Waals surface area contributed by atoms with Gasteiger partial charge >= 0.3 is 0 Å². The van der Waals surface area contributed by atoms with Crippen LogP contribution in [0, 0.1) is 0 Å². The minimum absolute atomic E-state index is 0.0979. The summed E-state index contributed by atoms with van der Waals surface area (Å²) in [6.45, 7) is 1.70. The third-order valence-corrected chi connectivity index (χ3v) is 3.45. The van der Waals surface area contributed by atoms with Crippen LogP contribution < -0.4 is 10.2 Å². The number of amides is 1. The molecule has 1 aliphatic rings. The lowest BCUT2D eigenvalue weighted by atomic mass is 10.2. The van der Waals surface area contributed by atoms with Gasteiger partial charge in [0.15, 0.2) is 0 Å². The molecule has 1 atom stereocenters. The first kappa shape index (κ1) is 13.4. The van der Waals surface area contributed by atoms with Gasteiger partial charge in [-0.25, -0.2) is 4.98 Å². The van der Waals surface area contributed by atoms with Gasteiger partial charge in [-0.05, 0) is 36.8 Å². The van der Waals surface area contributed by atoms with Gasteiger partial charge in [0.2, 0.25) is 5.91 Å². The van der Waals surface area contributed by atoms with Crippen LogP contribution >= 0.6 is 0 Å². The molecule has 108 valence electrons. The molecule has 2 aromatic rings. The Kier molecular flexibility index (Phi) is 4.00. The van der Waals surface area contributed by atoms with Crippen LogP contribution in [0.2, 0.25) is 0 Å². The van der Waals surface area contributed by atoms with Gasteiger partial charge in [-0.3, -0.25) is 4.79 Å². The number of carbonyl (C=O) groups excluding carboxylic acids is 1. The number of hydrogen-bond acceptors (Lipinski definition) is 4. The van der Waals surface area contributed by atoms with Gasteiger partial charge in [-0.1, -0.05) is 6.07 Å². The average Bonchev–Trinajstić information content (AvgIpc) is 3.17. The van der Waals surface area contributed by atoms with E-state index in [0.29, 0.717) is 5.76 Å². The lowest BCUT2D eigenvalue weighted by Crippen LogP contribution is -2.36. The lowest BCUT2D eigenvalue weighted by molar-refractivity contribution is -0.117. The largest absolute Gasteiger partial charge is 0.465 e. The Morgan fingerprint density at radius 3 is 3.10 bits per heavy atom. The maximum Gasteiger partial charge on any atom is 0.244 e. The molecule has 3 heterocycles. The van der Waals surface area contributed by atoms with Crippen molar-refractivity contribution in [2.45, 2.75) is 12.5 Å². The molecule has 1 unspecified atom stereocenters. The number of nitrogens with zero attached hydrogens (tertiary/aromatic N) is 2. The predicted octanol–water partition coefficient (Wildman–Crippen LogP) is 2.08. The second-order valence-electron chi connectivity index (χ2n) is 4.98. The second kappa shape index (κ2) is 6.26. The van der Waals surface area contributed by atoms with Gasteiger partial charge in [0.05, 0.1) is 6.26 Å². The molecule has 0 bridgehead atoms. The van der Waals surface area contributed by atoms with Crippen LogP contribution in [-0.4, -0.2) is 30.0 Å². The Labute approximate surface area is 123 Å². The zero-order chi connectivity index (χ0) is 14.5. The standard InChI is InChI=1S/C16H17N3O2/c20-16(7-6-14-4-3-11-21-14)18-13-8-10-19(12-13)15-5-1-2-9-17-15/h1-7,9,11,13H,8,10,12H2,(H,18,20)/b7-6+. The molecule has 0 radical (unpaired) electrons. The fraction of sp³-hybridized carbons (Fsp3) is 0.250. The van der Waals surface area contributed by atoms with Gasteiger partial charge in [0, 0.05) is 31.4 Å². The first-order valence-electron chi connectivity index (χ1n) is 6.99. The summed E-state index contributed by atoms with van der Waals surface area (Å²) >= 11 is 0. The van der Waals surface area contributed by atoms with E-state index in [9.17, 15) is 4.79 Å². The Morgan fingerprint density at radius 2 is 2.33 bits per heavy atom. The summed E-state index contributed by atoms with van der Waals surface area (Å²) in [6, 6.07) is 9.61. The van der Waals surface area contributed by atoms with E-state index in [4.69, 9.17) is 4.42 Å². The van der Waals surface area contributed by atoms with E-state index < -0.39 is 0 Å². The van der Waals surface area contributed by atoms with Crippen LogP contribution in [-0.2, 0) is 4.79 Å². The summed E-state index contributed by atoms with van der Waals surface area (Å²) in [4.78, 5) is 18.4. The van der Waals surface area contributed by atoms with Crippen molar-refractivity contribution >= 4 is 17.8 Å². The lowest BCUT2D eigenvalue weighted by Gasteiger charge is -2.17. The highest BCUT2D eigenvalue weighted by atomic mass is 16.3. The van der Waals surface area contributed by atoms with Crippen molar-refractivity contribution in [1.29, 1.82) is 0 Å². The molecular formula is C16H17N3O2. The van der Waals surface area contributed by atoms with Crippen molar-refractivity contribution in [2.75, 3.05) is 18.0 Å². The van der Waals surface area contributed by atoms with Gasteiger partial charge < -0.3 is 14.6 Å². The van der Waals surface area contributed by atoms with Gasteiger partial charge in [0.25, 0.3) is 0 Å². The van der Waals surface area contributed by atoms with E-state index in [1.807, 2.05) is 24.3 Å². The number of carbonyl (C=O) groups is 1. The molecule has 0 saturated carbocycles. The second-order valence-corrected chi connectivity index (χ2v) is 4.98. The number of pyridine rings is 1. The minimum Gasteiger partial charge on any atom is -0.465 e. The van der Waals surface area contributed by atoms with Crippen molar-refractivity contribution in [3.8, 4) is 0 Å². The van der Waals surface area contributed by atoms with Crippen LogP contribution in [0.1, 0.15) is 12.2 Å². The molecule has 1 N–H and O–H groups in total. The van der Waals surface area contributed by atoms with E-state index in [1.54, 1.807) is 24.6 Å². The summed E-state index contributed by atoms with van der Waals surface area (Å²) < 4.78 is 5.15. The van der Waals surface area contributed by atoms with Crippen LogP contribution in [0.3, 0.4) is 0 Å². The fourth-order valence-electron chi connectivity index (χ4n) is 2.42. The number of anilines is 1. The number of rotatable bonds is 4. The molecule has 5 heteroatoms. The third kappa shape index (κ3) is 3.51. The van der Waals surface area contributed by atoms with E-state index in [0.717, 1.165) is 25.3 Å². The summed E-state index contributed by atoms with van der Waals surface area (Å²) in [7, 11) is 0. The molecule has 1 fully saturated rings. The summed E-state index contributed by atoms with van der Waals surface area (Å²) in [5, 5.41) is 3.00. The predicted molar refractivity (Wildman–Crippen MR) is 80.7 cm³/mol. The Hall–Kier alpha value is -2.56. The maximum absolute atomic E-state index is 11.9. The first-order valence-corrected chi connectivity index (χ1v) is 6.99. The molecule has 2 aromatic heterocycles. The monoisotopic (exact) mass is 283 g/mol. The zero-order valence-corrected chi connectivity index (χ0v) is 11.6. The van der Waals surface area contributed by atoms with Crippen LogP contribution in [0.15, 0.2) is 53.3 Å². The Morgan fingerprint density at radius 1 is 1.38 bits per heavy atom. The first-order chi connectivity index (χ1) is 10.3.